The van der Waals surface area contributed by atoms with Crippen LogP contribution in [0.15, 0.2) is 182 Å². The molecule has 0 rings (SSSR count). The molecule has 3 N–H and O–H groups in total. The summed E-state index contributed by atoms with van der Waals surface area (Å²) in [5.41, 5.74) is 0. The van der Waals surface area contributed by atoms with Crippen LogP contribution in [0.25, 0.3) is 0 Å². The third-order valence-electron chi connectivity index (χ3n) is 16.9. The van der Waals surface area contributed by atoms with Crippen LogP contribution in [0.2, 0.25) is 0 Å². The fraction of sp³-hybridized carbons (Fsp3) is 0.626. The van der Waals surface area contributed by atoms with Gasteiger partial charge in [0.25, 0.3) is 0 Å². The standard InChI is InChI=1S/C91H148O17P2/c1-5-9-13-17-21-25-29-33-37-41-42-46-48-52-56-60-64-68-72-76-89(94)102-82-87(108-91(96)78-74-70-66-62-58-54-50-45-40-36-32-28-24-20-16-12-8-4)84-106-110(99,100)104-80-85(92)79-103-109(97,98)105-83-86(107-90(95)77-73-69-65-61-57-53-49-44-39-35-31-27-23-19-15-11-7-3)81-101-88(93)75-71-67-63-59-55-51-47-43-38-34-30-26-22-18-14-10-6-2/h9-16,21-28,33-40,42,46-47,51,59,63,85-87,92H,5-8,17-20,29-32,41,43-45,48-50,52-58,60-62,64-84H2,1-4H3,(H,97,98)(H,99,100)/b13-9-,14-10-,15-11-,16-12-,25-21-,26-22-,27-23-,28-24-,37-33-,38-34-,39-35-,40-36-,46-42-,51-47-,63-59-. The molecule has 0 saturated heterocycles. The van der Waals surface area contributed by atoms with E-state index in [1.165, 1.54) is 0 Å². The molecule has 0 amide bonds. The van der Waals surface area contributed by atoms with E-state index in [1.807, 2.05) is 12.2 Å². The van der Waals surface area contributed by atoms with Crippen molar-refractivity contribution in [3.05, 3.63) is 182 Å². The lowest BCUT2D eigenvalue weighted by atomic mass is 10.1. The number of carbonyl (C=O) groups excluding carboxylic acids is 4. The minimum absolute atomic E-state index is 0.0649. The predicted molar refractivity (Wildman–Crippen MR) is 454 cm³/mol. The summed E-state index contributed by atoms with van der Waals surface area (Å²) in [6.07, 6.45) is 98.6. The molecule has 19 heteroatoms. The number of phosphoric acid groups is 2. The summed E-state index contributed by atoms with van der Waals surface area (Å²) in [6.45, 7) is 4.33. The molecule has 0 saturated carbocycles. The van der Waals surface area contributed by atoms with Gasteiger partial charge < -0.3 is 33.8 Å². The fourth-order valence-corrected chi connectivity index (χ4v) is 12.2. The minimum Gasteiger partial charge on any atom is -0.462 e. The third-order valence-corrected chi connectivity index (χ3v) is 18.8. The largest absolute Gasteiger partial charge is 0.472 e. The molecule has 0 fully saturated rings. The lowest BCUT2D eigenvalue weighted by Gasteiger charge is -2.21. The first-order valence-corrected chi connectivity index (χ1v) is 45.0. The molecule has 0 aromatic heterocycles. The van der Waals surface area contributed by atoms with Crippen LogP contribution in [-0.4, -0.2) is 96.7 Å². The van der Waals surface area contributed by atoms with Gasteiger partial charge in [-0.3, -0.25) is 37.3 Å². The van der Waals surface area contributed by atoms with E-state index in [2.05, 4.69) is 198 Å². The number of hydrogen-bond donors (Lipinski definition) is 3. The second kappa shape index (κ2) is 81.2. The Hall–Kier alpha value is -5.84. The molecular weight excluding hydrogens is 1430 g/mol. The lowest BCUT2D eigenvalue weighted by Crippen LogP contribution is -2.30. The summed E-state index contributed by atoms with van der Waals surface area (Å²) in [7, 11) is -10.0. The van der Waals surface area contributed by atoms with Crippen molar-refractivity contribution >= 4 is 39.5 Å². The maximum Gasteiger partial charge on any atom is 0.472 e. The molecular formula is C91H148O17P2. The number of carbonyl (C=O) groups is 4. The Morgan fingerprint density at radius 2 is 0.455 bits per heavy atom. The SMILES string of the molecule is CC/C=C\C/C=C\C/C=C\C/C=C\C/C=C\CCCC(=O)OCC(COP(=O)(O)OCC(O)COP(=O)(O)OCC(COC(=O)CCCCCCCC/C=C\C/C=C\C/C=C\C/C=C\CC)OC(=O)CCCCCCCCC/C=C\C/C=C\C/C=C\CC)OC(=O)CCCCCCCCC/C=C\C/C=C\C/C=C\CC. The molecule has 5 unspecified atom stereocenters. The van der Waals surface area contributed by atoms with Crippen LogP contribution in [0.4, 0.5) is 0 Å². The van der Waals surface area contributed by atoms with Gasteiger partial charge in [0.2, 0.25) is 0 Å². The van der Waals surface area contributed by atoms with Gasteiger partial charge in [-0.2, -0.15) is 0 Å². The topological polar surface area (TPSA) is 237 Å². The van der Waals surface area contributed by atoms with Gasteiger partial charge in [0.15, 0.2) is 12.2 Å². The predicted octanol–water partition coefficient (Wildman–Crippen LogP) is 25.1. The normalized spacial score (nSPS) is 14.7. The fourth-order valence-electron chi connectivity index (χ4n) is 10.6. The van der Waals surface area contributed by atoms with Crippen molar-refractivity contribution in [2.75, 3.05) is 39.6 Å². The van der Waals surface area contributed by atoms with Gasteiger partial charge in [0.05, 0.1) is 26.4 Å². The van der Waals surface area contributed by atoms with E-state index in [-0.39, 0.29) is 25.7 Å². The van der Waals surface area contributed by atoms with Gasteiger partial charge in [0.1, 0.15) is 19.3 Å². The number of ether oxygens (including phenoxy) is 4. The number of rotatable bonds is 77. The number of allylic oxidation sites excluding steroid dienone is 30. The van der Waals surface area contributed by atoms with Crippen molar-refractivity contribution in [1.29, 1.82) is 0 Å². The Morgan fingerprint density at radius 3 is 0.718 bits per heavy atom. The molecule has 17 nitrogen and oxygen atoms in total. The molecule has 0 bridgehead atoms. The maximum absolute atomic E-state index is 13.1. The van der Waals surface area contributed by atoms with Gasteiger partial charge in [-0.1, -0.05) is 300 Å². The second-order valence-corrected chi connectivity index (χ2v) is 30.1. The highest BCUT2D eigenvalue weighted by Crippen LogP contribution is 2.45. The van der Waals surface area contributed by atoms with Crippen molar-refractivity contribution in [2.24, 2.45) is 0 Å². The Balaban J connectivity index is 5.47. The average Bonchev–Trinajstić information content (AvgIpc) is 0.904. The lowest BCUT2D eigenvalue weighted by molar-refractivity contribution is -0.161. The molecule has 624 valence electrons. The van der Waals surface area contributed by atoms with Crippen LogP contribution < -0.4 is 0 Å². The van der Waals surface area contributed by atoms with Crippen LogP contribution in [0, 0.1) is 0 Å². The van der Waals surface area contributed by atoms with Crippen molar-refractivity contribution in [1.82, 2.24) is 0 Å². The van der Waals surface area contributed by atoms with Gasteiger partial charge >= 0.3 is 39.5 Å². The third kappa shape index (κ3) is 80.2. The number of aliphatic hydroxyl groups excluding tert-OH is 1. The van der Waals surface area contributed by atoms with Gasteiger partial charge in [-0.05, 0) is 167 Å². The zero-order valence-corrected chi connectivity index (χ0v) is 70.1. The van der Waals surface area contributed by atoms with E-state index >= 15 is 0 Å². The quantitative estimate of drug-likeness (QED) is 0.0169. The number of unbranched alkanes of at least 4 members (excludes halogenated alkanes) is 21. The summed E-state index contributed by atoms with van der Waals surface area (Å²) in [4.78, 5) is 73.3. The first-order valence-electron chi connectivity index (χ1n) is 42.0. The average molecular weight is 1580 g/mol. The highest BCUT2D eigenvalue weighted by atomic mass is 31.2. The van der Waals surface area contributed by atoms with E-state index in [0.717, 1.165) is 225 Å². The first-order chi connectivity index (χ1) is 53.7. The summed E-state index contributed by atoms with van der Waals surface area (Å²) >= 11 is 0. The maximum atomic E-state index is 13.1. The Bertz CT molecular complexity index is 2800. The molecule has 5 atom stereocenters. The molecule has 0 aromatic rings. The Labute approximate surface area is 666 Å². The highest BCUT2D eigenvalue weighted by Gasteiger charge is 2.30. The number of esters is 4. The van der Waals surface area contributed by atoms with Crippen LogP contribution in [0.3, 0.4) is 0 Å². The van der Waals surface area contributed by atoms with Crippen molar-refractivity contribution in [2.45, 2.75) is 329 Å². The van der Waals surface area contributed by atoms with Crippen molar-refractivity contribution in [3.63, 3.8) is 0 Å². The van der Waals surface area contributed by atoms with Gasteiger partial charge in [-0.25, -0.2) is 9.13 Å². The first kappa shape index (κ1) is 104. The molecule has 0 aliphatic heterocycles. The smallest absolute Gasteiger partial charge is 0.462 e. The molecule has 0 heterocycles. The highest BCUT2D eigenvalue weighted by molar-refractivity contribution is 7.47. The molecule has 0 aliphatic carbocycles. The van der Waals surface area contributed by atoms with Gasteiger partial charge in [0, 0.05) is 25.7 Å². The van der Waals surface area contributed by atoms with E-state index in [1.54, 1.807) is 0 Å². The van der Waals surface area contributed by atoms with E-state index < -0.39 is 97.5 Å². The summed E-state index contributed by atoms with van der Waals surface area (Å²) in [5.74, 6) is -2.29. The zero-order chi connectivity index (χ0) is 80.3. The number of hydrogen-bond acceptors (Lipinski definition) is 15. The monoisotopic (exact) mass is 1580 g/mol. The van der Waals surface area contributed by atoms with Crippen LogP contribution in [0.1, 0.15) is 310 Å². The molecule has 0 spiro atoms. The summed E-state index contributed by atoms with van der Waals surface area (Å²) in [6, 6.07) is 0. The van der Waals surface area contributed by atoms with Crippen LogP contribution in [0.5, 0.6) is 0 Å². The minimum atomic E-state index is -5.01. The molecule has 0 radical (unpaired) electrons. The Morgan fingerprint density at radius 1 is 0.255 bits per heavy atom. The van der Waals surface area contributed by atoms with Gasteiger partial charge in [-0.15, -0.1) is 0 Å². The summed E-state index contributed by atoms with van der Waals surface area (Å²) < 4.78 is 68.7. The second-order valence-electron chi connectivity index (χ2n) is 27.2. The summed E-state index contributed by atoms with van der Waals surface area (Å²) in [5, 5.41) is 10.7. The van der Waals surface area contributed by atoms with E-state index in [9.17, 15) is 43.2 Å². The molecule has 110 heavy (non-hydrogen) atoms. The molecule has 0 aromatic carbocycles. The van der Waals surface area contributed by atoms with E-state index in [4.69, 9.17) is 37.0 Å². The zero-order valence-electron chi connectivity index (χ0n) is 68.4. The van der Waals surface area contributed by atoms with Crippen LogP contribution >= 0.6 is 15.6 Å². The Kier molecular flexibility index (Phi) is 76.9. The van der Waals surface area contributed by atoms with Crippen molar-refractivity contribution < 1.29 is 80.2 Å². The number of phosphoric ester groups is 2. The van der Waals surface area contributed by atoms with Crippen LogP contribution in [-0.2, 0) is 65.4 Å². The number of aliphatic hydroxyl groups is 1. The van der Waals surface area contributed by atoms with E-state index in [0.29, 0.717) is 32.1 Å². The van der Waals surface area contributed by atoms with Crippen molar-refractivity contribution in [3.8, 4) is 0 Å². The molecule has 0 aliphatic rings.